The number of amides is 1. The van der Waals surface area contributed by atoms with Gasteiger partial charge in [-0.3, -0.25) is 9.78 Å². The fourth-order valence-corrected chi connectivity index (χ4v) is 2.04. The van der Waals surface area contributed by atoms with Crippen LogP contribution in [0.3, 0.4) is 0 Å². The maximum absolute atomic E-state index is 12.5. The third kappa shape index (κ3) is 2.96. The van der Waals surface area contributed by atoms with Crippen LogP contribution < -0.4 is 0 Å². The van der Waals surface area contributed by atoms with Crippen molar-refractivity contribution in [1.82, 2.24) is 9.88 Å². The van der Waals surface area contributed by atoms with Crippen molar-refractivity contribution in [3.8, 4) is 5.75 Å². The third-order valence-electron chi connectivity index (χ3n) is 3.26. The van der Waals surface area contributed by atoms with E-state index in [0.29, 0.717) is 24.2 Å². The van der Waals surface area contributed by atoms with Crippen molar-refractivity contribution in [3.05, 3.63) is 59.4 Å². The summed E-state index contributed by atoms with van der Waals surface area (Å²) >= 11 is 0. The molecule has 0 spiro atoms. The molecule has 4 heteroatoms. The van der Waals surface area contributed by atoms with E-state index in [2.05, 4.69) is 4.98 Å². The summed E-state index contributed by atoms with van der Waals surface area (Å²) in [6.07, 6.45) is 3.41. The monoisotopic (exact) mass is 270 g/mol. The van der Waals surface area contributed by atoms with Gasteiger partial charge in [-0.25, -0.2) is 0 Å². The number of aryl methyl sites for hydroxylation is 1. The van der Waals surface area contributed by atoms with Gasteiger partial charge in [0.1, 0.15) is 5.75 Å². The Morgan fingerprint density at radius 2 is 1.95 bits per heavy atom. The molecule has 1 heterocycles. The van der Waals surface area contributed by atoms with E-state index >= 15 is 0 Å². The van der Waals surface area contributed by atoms with Gasteiger partial charge >= 0.3 is 0 Å². The average molecular weight is 270 g/mol. The van der Waals surface area contributed by atoms with E-state index in [1.54, 1.807) is 42.4 Å². The summed E-state index contributed by atoms with van der Waals surface area (Å²) in [6, 6.07) is 8.98. The van der Waals surface area contributed by atoms with Crippen LogP contribution in [0.15, 0.2) is 42.7 Å². The van der Waals surface area contributed by atoms with Crippen molar-refractivity contribution >= 4 is 5.91 Å². The van der Waals surface area contributed by atoms with E-state index in [1.807, 2.05) is 19.1 Å². The fraction of sp³-hybridized carbons (Fsp3) is 0.250. The van der Waals surface area contributed by atoms with Crippen LogP contribution in [0, 0.1) is 6.92 Å². The molecule has 1 N–H and O–H groups in total. The quantitative estimate of drug-likeness (QED) is 0.929. The highest BCUT2D eigenvalue weighted by molar-refractivity contribution is 5.97. The number of pyridine rings is 1. The molecule has 104 valence electrons. The van der Waals surface area contributed by atoms with Gasteiger partial charge in [0.2, 0.25) is 0 Å². The first kappa shape index (κ1) is 14.1. The van der Waals surface area contributed by atoms with Crippen LogP contribution in [0.5, 0.6) is 5.75 Å². The van der Waals surface area contributed by atoms with E-state index in [1.165, 1.54) is 0 Å². The molecule has 0 fully saturated rings. The lowest BCUT2D eigenvalue weighted by atomic mass is 10.1. The van der Waals surface area contributed by atoms with Gasteiger partial charge in [-0.05, 0) is 43.2 Å². The number of phenolic OH excluding ortho intramolecular Hbond substituents is 1. The molecule has 0 aliphatic rings. The van der Waals surface area contributed by atoms with Gasteiger partial charge in [0, 0.05) is 25.5 Å². The Balaban J connectivity index is 2.23. The van der Waals surface area contributed by atoms with Crippen LogP contribution in [-0.2, 0) is 6.54 Å². The van der Waals surface area contributed by atoms with Gasteiger partial charge in [0.25, 0.3) is 5.91 Å². The minimum Gasteiger partial charge on any atom is -0.507 e. The molecule has 0 atom stereocenters. The molecular formula is C16H18N2O2. The summed E-state index contributed by atoms with van der Waals surface area (Å²) in [4.78, 5) is 18.2. The number of hydrogen-bond acceptors (Lipinski definition) is 3. The van der Waals surface area contributed by atoms with E-state index in [9.17, 15) is 9.90 Å². The second-order valence-corrected chi connectivity index (χ2v) is 4.65. The van der Waals surface area contributed by atoms with Gasteiger partial charge in [-0.15, -0.1) is 0 Å². The van der Waals surface area contributed by atoms with Crippen molar-refractivity contribution in [3.63, 3.8) is 0 Å². The number of benzene rings is 1. The van der Waals surface area contributed by atoms with Crippen LogP contribution in [0.2, 0.25) is 0 Å². The first-order valence-electron chi connectivity index (χ1n) is 6.60. The van der Waals surface area contributed by atoms with E-state index in [-0.39, 0.29) is 11.7 Å². The van der Waals surface area contributed by atoms with Gasteiger partial charge in [-0.2, -0.15) is 0 Å². The van der Waals surface area contributed by atoms with Crippen LogP contribution in [0.4, 0.5) is 0 Å². The number of nitrogens with zero attached hydrogens (tertiary/aromatic N) is 2. The number of aromatic nitrogens is 1. The molecule has 1 aromatic carbocycles. The number of carbonyl (C=O) groups is 1. The minimum atomic E-state index is -0.162. The largest absolute Gasteiger partial charge is 0.507 e. The molecule has 0 radical (unpaired) electrons. The zero-order valence-corrected chi connectivity index (χ0v) is 11.7. The Bertz CT molecular complexity index is 597. The molecule has 4 nitrogen and oxygen atoms in total. The number of para-hydroxylation sites is 1. The lowest BCUT2D eigenvalue weighted by Gasteiger charge is -2.21. The molecule has 0 aliphatic heterocycles. The Morgan fingerprint density at radius 3 is 2.60 bits per heavy atom. The van der Waals surface area contributed by atoms with Gasteiger partial charge in [0.15, 0.2) is 0 Å². The standard InChI is InChI=1S/C16H18N2O2/c1-3-18(11-13-7-9-17-10-8-13)16(20)14-6-4-5-12(2)15(14)19/h4-10,19H,3,11H2,1-2H3. The summed E-state index contributed by atoms with van der Waals surface area (Å²) in [5.41, 5.74) is 2.07. The van der Waals surface area contributed by atoms with E-state index in [0.717, 1.165) is 5.56 Å². The second-order valence-electron chi connectivity index (χ2n) is 4.65. The van der Waals surface area contributed by atoms with Crippen LogP contribution in [0.25, 0.3) is 0 Å². The highest BCUT2D eigenvalue weighted by Gasteiger charge is 2.18. The average Bonchev–Trinajstić information content (AvgIpc) is 2.48. The van der Waals surface area contributed by atoms with Gasteiger partial charge in [0.05, 0.1) is 5.56 Å². The molecule has 0 saturated heterocycles. The molecule has 1 amide bonds. The lowest BCUT2D eigenvalue weighted by molar-refractivity contribution is 0.0749. The van der Waals surface area contributed by atoms with E-state index in [4.69, 9.17) is 0 Å². The first-order chi connectivity index (χ1) is 9.63. The summed E-state index contributed by atoms with van der Waals surface area (Å²) in [7, 11) is 0. The number of phenols is 1. The lowest BCUT2D eigenvalue weighted by Crippen LogP contribution is -2.30. The molecule has 0 aliphatic carbocycles. The Morgan fingerprint density at radius 1 is 1.25 bits per heavy atom. The molecule has 0 saturated carbocycles. The normalized spacial score (nSPS) is 10.3. The summed E-state index contributed by atoms with van der Waals surface area (Å²) < 4.78 is 0. The van der Waals surface area contributed by atoms with Gasteiger partial charge < -0.3 is 10.0 Å². The molecule has 2 aromatic rings. The highest BCUT2D eigenvalue weighted by Crippen LogP contribution is 2.23. The van der Waals surface area contributed by atoms with Crippen molar-refractivity contribution in [2.75, 3.05) is 6.54 Å². The SMILES string of the molecule is CCN(Cc1ccncc1)C(=O)c1cccc(C)c1O. The van der Waals surface area contributed by atoms with Crippen LogP contribution >= 0.6 is 0 Å². The molecule has 2 rings (SSSR count). The van der Waals surface area contributed by atoms with Gasteiger partial charge in [-0.1, -0.05) is 12.1 Å². The number of rotatable bonds is 4. The third-order valence-corrected chi connectivity index (χ3v) is 3.26. The van der Waals surface area contributed by atoms with Crippen molar-refractivity contribution in [2.24, 2.45) is 0 Å². The highest BCUT2D eigenvalue weighted by atomic mass is 16.3. The minimum absolute atomic E-state index is 0.0608. The summed E-state index contributed by atoms with van der Waals surface area (Å²) in [5.74, 6) is -0.101. The van der Waals surface area contributed by atoms with Crippen molar-refractivity contribution in [1.29, 1.82) is 0 Å². The summed E-state index contributed by atoms with van der Waals surface area (Å²) in [5, 5.41) is 10.0. The Kier molecular flexibility index (Phi) is 4.35. The topological polar surface area (TPSA) is 53.4 Å². The van der Waals surface area contributed by atoms with Crippen LogP contribution in [-0.4, -0.2) is 27.4 Å². The zero-order chi connectivity index (χ0) is 14.5. The molecule has 0 bridgehead atoms. The Labute approximate surface area is 118 Å². The predicted octanol–water partition coefficient (Wildman–Crippen LogP) is 2.76. The summed E-state index contributed by atoms with van der Waals surface area (Å²) in [6.45, 7) is 4.79. The molecule has 0 unspecified atom stereocenters. The smallest absolute Gasteiger partial charge is 0.257 e. The second kappa shape index (κ2) is 6.19. The number of carbonyl (C=O) groups excluding carboxylic acids is 1. The van der Waals surface area contributed by atoms with Crippen molar-refractivity contribution in [2.45, 2.75) is 20.4 Å². The molecule has 1 aromatic heterocycles. The maximum atomic E-state index is 12.5. The van der Waals surface area contributed by atoms with E-state index < -0.39 is 0 Å². The fourth-order valence-electron chi connectivity index (χ4n) is 2.04. The Hall–Kier alpha value is -2.36. The van der Waals surface area contributed by atoms with Crippen molar-refractivity contribution < 1.29 is 9.90 Å². The first-order valence-corrected chi connectivity index (χ1v) is 6.60. The number of hydrogen-bond donors (Lipinski definition) is 1. The molecular weight excluding hydrogens is 252 g/mol. The maximum Gasteiger partial charge on any atom is 0.257 e. The van der Waals surface area contributed by atoms with Crippen LogP contribution in [0.1, 0.15) is 28.4 Å². The predicted molar refractivity (Wildman–Crippen MR) is 77.5 cm³/mol. The molecule has 20 heavy (non-hydrogen) atoms. The zero-order valence-electron chi connectivity index (χ0n) is 11.7. The number of aromatic hydroxyl groups is 1.